The quantitative estimate of drug-likeness (QED) is 0.756. The van der Waals surface area contributed by atoms with Gasteiger partial charge in [-0.25, -0.2) is 14.6 Å². The molecule has 0 spiro atoms. The zero-order chi connectivity index (χ0) is 18.3. The summed E-state index contributed by atoms with van der Waals surface area (Å²) in [7, 11) is 0. The molecule has 1 aromatic carbocycles. The lowest BCUT2D eigenvalue weighted by atomic mass is 9.98. The van der Waals surface area contributed by atoms with Crippen LogP contribution in [0.4, 0.5) is 11.5 Å². The maximum absolute atomic E-state index is 12.5. The molecule has 1 saturated heterocycles. The van der Waals surface area contributed by atoms with Crippen LogP contribution in [-0.2, 0) is 11.3 Å². The van der Waals surface area contributed by atoms with E-state index < -0.39 is 0 Å². The molecule has 1 N–H and O–H groups in total. The number of aromatic nitrogens is 5. The van der Waals surface area contributed by atoms with Crippen LogP contribution >= 0.6 is 11.6 Å². The first-order chi connectivity index (χ1) is 12.6. The van der Waals surface area contributed by atoms with Gasteiger partial charge in [-0.15, -0.1) is 5.10 Å². The molecule has 134 valence electrons. The van der Waals surface area contributed by atoms with Gasteiger partial charge in [0.25, 0.3) is 0 Å². The summed E-state index contributed by atoms with van der Waals surface area (Å²) in [5.74, 6) is 0.589. The summed E-state index contributed by atoms with van der Waals surface area (Å²) < 4.78 is 1.73. The number of halogens is 1. The first-order valence-corrected chi connectivity index (χ1v) is 8.81. The van der Waals surface area contributed by atoms with Crippen molar-refractivity contribution >= 4 is 40.2 Å². The molecule has 0 aliphatic carbocycles. The highest BCUT2D eigenvalue weighted by atomic mass is 35.5. The molecule has 0 saturated carbocycles. The Morgan fingerprint density at radius 3 is 2.92 bits per heavy atom. The Hall–Kier alpha value is -2.74. The van der Waals surface area contributed by atoms with Crippen LogP contribution in [0.2, 0.25) is 5.02 Å². The van der Waals surface area contributed by atoms with Crippen molar-refractivity contribution in [2.24, 2.45) is 5.92 Å². The van der Waals surface area contributed by atoms with Crippen LogP contribution < -0.4 is 10.2 Å². The summed E-state index contributed by atoms with van der Waals surface area (Å²) in [5.41, 5.74) is 2.99. The molecule has 0 bridgehead atoms. The number of nitrogens with one attached hydrogen (secondary N) is 1. The van der Waals surface area contributed by atoms with Crippen LogP contribution in [0.25, 0.3) is 11.2 Å². The smallest absolute Gasteiger partial charge is 0.231 e. The number of hydrogen-bond donors (Lipinski definition) is 1. The minimum Gasteiger partial charge on any atom is -0.353 e. The Kier molecular flexibility index (Phi) is 4.20. The van der Waals surface area contributed by atoms with Crippen LogP contribution in [0.3, 0.4) is 0 Å². The number of fused-ring (bicyclic) bond motifs is 1. The summed E-state index contributed by atoms with van der Waals surface area (Å²) >= 11 is 6.11. The van der Waals surface area contributed by atoms with Crippen LogP contribution in [0.1, 0.15) is 12.5 Å². The van der Waals surface area contributed by atoms with Gasteiger partial charge in [0.2, 0.25) is 5.91 Å². The predicted octanol–water partition coefficient (Wildman–Crippen LogP) is 2.28. The molecule has 0 atom stereocenters. The zero-order valence-electron chi connectivity index (χ0n) is 14.5. The van der Waals surface area contributed by atoms with Crippen molar-refractivity contribution in [3.8, 4) is 0 Å². The second-order valence-electron chi connectivity index (χ2n) is 6.28. The van der Waals surface area contributed by atoms with Crippen molar-refractivity contribution in [3.05, 3.63) is 35.1 Å². The number of hydrogen-bond acceptors (Lipinski definition) is 6. The normalized spacial score (nSPS) is 14.5. The fourth-order valence-corrected chi connectivity index (χ4v) is 3.19. The molecule has 3 aromatic rings. The van der Waals surface area contributed by atoms with Crippen molar-refractivity contribution in [2.75, 3.05) is 23.3 Å². The Morgan fingerprint density at radius 1 is 1.35 bits per heavy atom. The molecule has 8 nitrogen and oxygen atoms in total. The number of amides is 1. The van der Waals surface area contributed by atoms with Gasteiger partial charge >= 0.3 is 0 Å². The highest BCUT2D eigenvalue weighted by Crippen LogP contribution is 2.29. The van der Waals surface area contributed by atoms with Gasteiger partial charge in [0.1, 0.15) is 6.33 Å². The van der Waals surface area contributed by atoms with E-state index in [-0.39, 0.29) is 11.8 Å². The molecule has 9 heteroatoms. The fourth-order valence-electron chi connectivity index (χ4n) is 3.02. The number of aryl methyl sites for hydroxylation is 1. The molecule has 1 aliphatic rings. The van der Waals surface area contributed by atoms with Crippen LogP contribution in [0, 0.1) is 12.8 Å². The van der Waals surface area contributed by atoms with Crippen molar-refractivity contribution < 1.29 is 4.79 Å². The van der Waals surface area contributed by atoms with Gasteiger partial charge in [0, 0.05) is 30.3 Å². The lowest BCUT2D eigenvalue weighted by Crippen LogP contribution is -2.52. The number of carbonyl (C=O) groups excluding carboxylic acids is 1. The summed E-state index contributed by atoms with van der Waals surface area (Å²) in [6.07, 6.45) is 1.51. The molecule has 0 unspecified atom stereocenters. The van der Waals surface area contributed by atoms with E-state index in [9.17, 15) is 4.79 Å². The van der Waals surface area contributed by atoms with Crippen LogP contribution in [0.5, 0.6) is 0 Å². The maximum Gasteiger partial charge on any atom is 0.231 e. The van der Waals surface area contributed by atoms with Crippen molar-refractivity contribution in [1.82, 2.24) is 25.0 Å². The van der Waals surface area contributed by atoms with Gasteiger partial charge in [-0.2, -0.15) is 0 Å². The third kappa shape index (κ3) is 2.76. The van der Waals surface area contributed by atoms with E-state index in [1.807, 2.05) is 30.9 Å². The SMILES string of the molecule is CCn1nnc2c(N3CC(C(=O)Nc4cccc(Cl)c4C)C3)ncnc21. The number of benzene rings is 1. The molecule has 1 aliphatic heterocycles. The third-order valence-electron chi connectivity index (χ3n) is 4.66. The Bertz CT molecular complexity index is 980. The first-order valence-electron chi connectivity index (χ1n) is 8.43. The van der Waals surface area contributed by atoms with E-state index in [1.54, 1.807) is 10.7 Å². The monoisotopic (exact) mass is 371 g/mol. The van der Waals surface area contributed by atoms with Gasteiger partial charge < -0.3 is 10.2 Å². The van der Waals surface area contributed by atoms with Crippen LogP contribution in [-0.4, -0.2) is 44.0 Å². The predicted molar refractivity (Wildman–Crippen MR) is 99.3 cm³/mol. The molecular formula is C17H18ClN7O. The van der Waals surface area contributed by atoms with Gasteiger partial charge in [-0.1, -0.05) is 22.9 Å². The molecular weight excluding hydrogens is 354 g/mol. The number of anilines is 2. The van der Waals surface area contributed by atoms with Gasteiger partial charge in [-0.05, 0) is 31.5 Å². The fraction of sp³-hybridized carbons (Fsp3) is 0.353. The largest absolute Gasteiger partial charge is 0.353 e. The molecule has 1 amide bonds. The maximum atomic E-state index is 12.5. The van der Waals surface area contributed by atoms with Gasteiger partial charge in [0.05, 0.1) is 5.92 Å². The van der Waals surface area contributed by atoms with E-state index in [1.165, 1.54) is 6.33 Å². The highest BCUT2D eigenvalue weighted by Gasteiger charge is 2.35. The topological polar surface area (TPSA) is 88.8 Å². The lowest BCUT2D eigenvalue weighted by molar-refractivity contribution is -0.120. The minimum absolute atomic E-state index is 0.0193. The first kappa shape index (κ1) is 16.7. The third-order valence-corrected chi connectivity index (χ3v) is 5.07. The summed E-state index contributed by atoms with van der Waals surface area (Å²) in [4.78, 5) is 23.1. The highest BCUT2D eigenvalue weighted by molar-refractivity contribution is 6.31. The van der Waals surface area contributed by atoms with Gasteiger partial charge in [-0.3, -0.25) is 4.79 Å². The Morgan fingerprint density at radius 2 is 2.15 bits per heavy atom. The number of rotatable bonds is 4. The summed E-state index contributed by atoms with van der Waals surface area (Å²) in [6, 6.07) is 5.49. The zero-order valence-corrected chi connectivity index (χ0v) is 15.2. The minimum atomic E-state index is -0.111. The average Bonchev–Trinajstić information content (AvgIpc) is 3.01. The van der Waals surface area contributed by atoms with Gasteiger partial charge in [0.15, 0.2) is 17.0 Å². The van der Waals surface area contributed by atoms with Crippen molar-refractivity contribution in [2.45, 2.75) is 20.4 Å². The van der Waals surface area contributed by atoms with Crippen LogP contribution in [0.15, 0.2) is 24.5 Å². The molecule has 3 heterocycles. The van der Waals surface area contributed by atoms with E-state index in [0.717, 1.165) is 17.1 Å². The van der Waals surface area contributed by atoms with E-state index in [4.69, 9.17) is 11.6 Å². The number of nitrogens with zero attached hydrogens (tertiary/aromatic N) is 6. The Labute approximate surface area is 155 Å². The van der Waals surface area contributed by atoms with E-state index >= 15 is 0 Å². The number of carbonyl (C=O) groups is 1. The van der Waals surface area contributed by atoms with E-state index in [0.29, 0.717) is 35.8 Å². The molecule has 0 radical (unpaired) electrons. The molecule has 4 rings (SSSR count). The van der Waals surface area contributed by atoms with Crippen molar-refractivity contribution in [3.63, 3.8) is 0 Å². The van der Waals surface area contributed by atoms with E-state index in [2.05, 4.69) is 25.6 Å². The summed E-state index contributed by atoms with van der Waals surface area (Å²) in [5, 5.41) is 11.9. The average molecular weight is 372 g/mol. The lowest BCUT2D eigenvalue weighted by Gasteiger charge is -2.38. The molecule has 26 heavy (non-hydrogen) atoms. The second-order valence-corrected chi connectivity index (χ2v) is 6.69. The standard InChI is InChI=1S/C17H18ClN7O/c1-3-25-16-14(22-23-25)15(19-9-20-16)24-7-11(8-24)17(26)21-13-6-4-5-12(18)10(13)2/h4-6,9,11H,3,7-8H2,1-2H3,(H,21,26). The molecule has 1 fully saturated rings. The van der Waals surface area contributed by atoms with Crippen molar-refractivity contribution in [1.29, 1.82) is 0 Å². The summed E-state index contributed by atoms with van der Waals surface area (Å²) in [6.45, 7) is 5.72. The second kappa shape index (κ2) is 6.53. The molecule has 2 aromatic heterocycles. The Balaban J connectivity index is 1.46.